The van der Waals surface area contributed by atoms with E-state index in [1.165, 1.54) is 49.0 Å². The van der Waals surface area contributed by atoms with Gasteiger partial charge in [0.2, 0.25) is 0 Å². The minimum atomic E-state index is 0.174. The van der Waals surface area contributed by atoms with E-state index in [1.807, 2.05) is 0 Å². The summed E-state index contributed by atoms with van der Waals surface area (Å²) >= 11 is 0. The van der Waals surface area contributed by atoms with Crippen molar-refractivity contribution in [1.29, 1.82) is 0 Å². The topological polar surface area (TPSA) is 15.3 Å². The third-order valence-corrected chi connectivity index (χ3v) is 4.13. The number of unbranched alkanes of at least 4 members (excludes halogenated alkanes) is 1. The number of hydrogen-bond acceptors (Lipinski definition) is 2. The molecule has 21 heavy (non-hydrogen) atoms. The Labute approximate surface area is 130 Å². The summed E-state index contributed by atoms with van der Waals surface area (Å²) in [6.45, 7) is 13.3. The molecular weight excluding hydrogens is 256 g/mol. The summed E-state index contributed by atoms with van der Waals surface area (Å²) in [5.74, 6) is 0. The summed E-state index contributed by atoms with van der Waals surface area (Å²) in [6, 6.07) is 7.79. The van der Waals surface area contributed by atoms with Crippen LogP contribution in [0.25, 0.3) is 0 Å². The average Bonchev–Trinajstić information content (AvgIpc) is 3.22. The van der Waals surface area contributed by atoms with Crippen LogP contribution in [0.1, 0.15) is 64.5 Å². The van der Waals surface area contributed by atoms with Gasteiger partial charge >= 0.3 is 0 Å². The SMILES string of the molecule is CCCCN(c1ccc(CNC(C)(C)C)cc1C)C1CC1. The highest BCUT2D eigenvalue weighted by Crippen LogP contribution is 2.34. The van der Waals surface area contributed by atoms with E-state index in [1.54, 1.807) is 0 Å². The second-order valence-electron chi connectivity index (χ2n) is 7.50. The van der Waals surface area contributed by atoms with Crippen LogP contribution in [0.2, 0.25) is 0 Å². The van der Waals surface area contributed by atoms with Crippen molar-refractivity contribution in [3.63, 3.8) is 0 Å². The van der Waals surface area contributed by atoms with Crippen LogP contribution in [0.15, 0.2) is 18.2 Å². The molecule has 0 spiro atoms. The van der Waals surface area contributed by atoms with Crippen LogP contribution < -0.4 is 10.2 Å². The highest BCUT2D eigenvalue weighted by molar-refractivity contribution is 5.56. The van der Waals surface area contributed by atoms with Crippen molar-refractivity contribution in [2.24, 2.45) is 0 Å². The zero-order valence-corrected chi connectivity index (χ0v) is 14.5. The van der Waals surface area contributed by atoms with Gasteiger partial charge in [-0.05, 0) is 64.2 Å². The minimum absolute atomic E-state index is 0.174. The number of benzene rings is 1. The first-order valence-electron chi connectivity index (χ1n) is 8.52. The van der Waals surface area contributed by atoms with Gasteiger partial charge in [-0.15, -0.1) is 0 Å². The molecule has 1 saturated carbocycles. The minimum Gasteiger partial charge on any atom is -0.368 e. The Morgan fingerprint density at radius 3 is 2.48 bits per heavy atom. The van der Waals surface area contributed by atoms with Gasteiger partial charge in [-0.1, -0.05) is 25.5 Å². The fraction of sp³-hybridized carbons (Fsp3) is 0.684. The van der Waals surface area contributed by atoms with Crippen LogP contribution in [-0.4, -0.2) is 18.1 Å². The first-order chi connectivity index (χ1) is 9.90. The van der Waals surface area contributed by atoms with E-state index in [9.17, 15) is 0 Å². The fourth-order valence-electron chi connectivity index (χ4n) is 2.73. The van der Waals surface area contributed by atoms with E-state index >= 15 is 0 Å². The molecule has 0 amide bonds. The van der Waals surface area contributed by atoms with Crippen molar-refractivity contribution in [3.8, 4) is 0 Å². The Bertz CT molecular complexity index is 455. The number of nitrogens with one attached hydrogen (secondary N) is 1. The zero-order valence-electron chi connectivity index (χ0n) is 14.5. The molecular formula is C19H32N2. The van der Waals surface area contributed by atoms with Crippen molar-refractivity contribution < 1.29 is 0 Å². The van der Waals surface area contributed by atoms with Crippen molar-refractivity contribution >= 4 is 5.69 Å². The largest absolute Gasteiger partial charge is 0.368 e. The van der Waals surface area contributed by atoms with Crippen LogP contribution >= 0.6 is 0 Å². The number of nitrogens with zero attached hydrogens (tertiary/aromatic N) is 1. The monoisotopic (exact) mass is 288 g/mol. The number of hydrogen-bond donors (Lipinski definition) is 1. The molecule has 0 heterocycles. The maximum absolute atomic E-state index is 3.57. The molecule has 2 heteroatoms. The lowest BCUT2D eigenvalue weighted by Gasteiger charge is -2.27. The first-order valence-corrected chi connectivity index (χ1v) is 8.52. The van der Waals surface area contributed by atoms with E-state index in [0.29, 0.717) is 0 Å². The van der Waals surface area contributed by atoms with Gasteiger partial charge in [-0.3, -0.25) is 0 Å². The maximum atomic E-state index is 3.57. The molecule has 1 fully saturated rings. The summed E-state index contributed by atoms with van der Waals surface area (Å²) in [7, 11) is 0. The van der Waals surface area contributed by atoms with Gasteiger partial charge in [0.05, 0.1) is 0 Å². The molecule has 0 bridgehead atoms. The van der Waals surface area contributed by atoms with Crippen molar-refractivity contribution in [3.05, 3.63) is 29.3 Å². The van der Waals surface area contributed by atoms with Gasteiger partial charge in [-0.25, -0.2) is 0 Å². The molecule has 2 nitrogen and oxygen atoms in total. The first kappa shape index (κ1) is 16.4. The molecule has 1 N–H and O–H groups in total. The quantitative estimate of drug-likeness (QED) is 0.785. The van der Waals surface area contributed by atoms with Crippen LogP contribution in [0.3, 0.4) is 0 Å². The predicted molar refractivity (Wildman–Crippen MR) is 93.0 cm³/mol. The molecule has 0 unspecified atom stereocenters. The Hall–Kier alpha value is -1.02. The molecule has 2 rings (SSSR count). The van der Waals surface area contributed by atoms with Gasteiger partial charge in [0.15, 0.2) is 0 Å². The van der Waals surface area contributed by atoms with E-state index in [-0.39, 0.29) is 5.54 Å². The average molecular weight is 288 g/mol. The van der Waals surface area contributed by atoms with E-state index in [4.69, 9.17) is 0 Å². The van der Waals surface area contributed by atoms with Gasteiger partial charge in [0.25, 0.3) is 0 Å². The molecule has 1 aliphatic rings. The molecule has 0 radical (unpaired) electrons. The summed E-state index contributed by atoms with van der Waals surface area (Å²) in [4.78, 5) is 2.64. The van der Waals surface area contributed by atoms with Crippen LogP contribution in [-0.2, 0) is 6.54 Å². The Balaban J connectivity index is 2.06. The summed E-state index contributed by atoms with van der Waals surface area (Å²) < 4.78 is 0. The predicted octanol–water partition coefficient (Wildman–Crippen LogP) is 4.65. The van der Waals surface area contributed by atoms with Gasteiger partial charge in [0.1, 0.15) is 0 Å². The lowest BCUT2D eigenvalue weighted by molar-refractivity contribution is 0.424. The number of aryl methyl sites for hydroxylation is 1. The molecule has 1 aromatic carbocycles. The van der Waals surface area contributed by atoms with Crippen LogP contribution in [0.5, 0.6) is 0 Å². The summed E-state index contributed by atoms with van der Waals surface area (Å²) in [5, 5.41) is 3.57. The van der Waals surface area contributed by atoms with Gasteiger partial charge < -0.3 is 10.2 Å². The Kier molecular flexibility index (Phi) is 5.32. The third kappa shape index (κ3) is 5.03. The number of rotatable bonds is 7. The fourth-order valence-corrected chi connectivity index (χ4v) is 2.73. The molecule has 118 valence electrons. The van der Waals surface area contributed by atoms with Crippen molar-refractivity contribution in [1.82, 2.24) is 5.32 Å². The van der Waals surface area contributed by atoms with E-state index in [2.05, 4.69) is 63.0 Å². The van der Waals surface area contributed by atoms with Crippen LogP contribution in [0.4, 0.5) is 5.69 Å². The molecule has 1 aromatic rings. The maximum Gasteiger partial charge on any atom is 0.0398 e. The van der Waals surface area contributed by atoms with Crippen molar-refractivity contribution in [2.45, 2.75) is 78.4 Å². The highest BCUT2D eigenvalue weighted by Gasteiger charge is 2.29. The second kappa shape index (κ2) is 6.83. The summed E-state index contributed by atoms with van der Waals surface area (Å²) in [6.07, 6.45) is 5.31. The van der Waals surface area contributed by atoms with Crippen LogP contribution in [0, 0.1) is 6.92 Å². The molecule has 1 aliphatic carbocycles. The normalized spacial score (nSPS) is 15.3. The standard InChI is InChI=1S/C19H32N2/c1-6-7-12-21(17-9-10-17)18-11-8-16(13-15(18)2)14-20-19(3,4)5/h8,11,13,17,20H,6-7,9-10,12,14H2,1-5H3. The summed E-state index contributed by atoms with van der Waals surface area (Å²) in [5.41, 5.74) is 4.43. The zero-order chi connectivity index (χ0) is 15.5. The molecule has 0 atom stereocenters. The number of anilines is 1. The lowest BCUT2D eigenvalue weighted by atomic mass is 10.1. The highest BCUT2D eigenvalue weighted by atomic mass is 15.2. The molecule has 0 aromatic heterocycles. The lowest BCUT2D eigenvalue weighted by Crippen LogP contribution is -2.35. The molecule has 0 aliphatic heterocycles. The van der Waals surface area contributed by atoms with Crippen molar-refractivity contribution in [2.75, 3.05) is 11.4 Å². The second-order valence-corrected chi connectivity index (χ2v) is 7.50. The molecule has 0 saturated heterocycles. The Morgan fingerprint density at radius 2 is 1.95 bits per heavy atom. The third-order valence-electron chi connectivity index (χ3n) is 4.13. The Morgan fingerprint density at radius 1 is 1.24 bits per heavy atom. The van der Waals surface area contributed by atoms with Gasteiger partial charge in [-0.2, -0.15) is 0 Å². The van der Waals surface area contributed by atoms with Gasteiger partial charge in [0, 0.05) is 30.4 Å². The van der Waals surface area contributed by atoms with E-state index < -0.39 is 0 Å². The smallest absolute Gasteiger partial charge is 0.0398 e. The van der Waals surface area contributed by atoms with E-state index in [0.717, 1.165) is 12.6 Å².